The summed E-state index contributed by atoms with van der Waals surface area (Å²) in [7, 11) is 0. The maximum absolute atomic E-state index is 4.69. The molecule has 4 rings (SSSR count). The summed E-state index contributed by atoms with van der Waals surface area (Å²) in [6, 6.07) is 1.22. The maximum atomic E-state index is 4.69. The SMILES string of the molecule is CC1=N[C@@H]2CN(C(C)(C)C)C[C@@H]2C1.CC1=N[C@H]2CN(C(C)(C)C)C[C@H]2C1. The van der Waals surface area contributed by atoms with Gasteiger partial charge in [0.2, 0.25) is 0 Å². The fourth-order valence-corrected chi connectivity index (χ4v) is 4.93. The molecule has 4 aliphatic heterocycles. The highest BCUT2D eigenvalue weighted by atomic mass is 15.2. The molecule has 4 nitrogen and oxygen atoms in total. The van der Waals surface area contributed by atoms with Crippen molar-refractivity contribution in [3.63, 3.8) is 0 Å². The van der Waals surface area contributed by atoms with Crippen LogP contribution in [-0.4, -0.2) is 70.6 Å². The highest BCUT2D eigenvalue weighted by molar-refractivity contribution is 5.84. The van der Waals surface area contributed by atoms with E-state index >= 15 is 0 Å². The van der Waals surface area contributed by atoms with Crippen LogP contribution in [0.4, 0.5) is 0 Å². The van der Waals surface area contributed by atoms with E-state index in [9.17, 15) is 0 Å². The van der Waals surface area contributed by atoms with E-state index in [1.165, 1.54) is 50.4 Å². The average molecular weight is 361 g/mol. The van der Waals surface area contributed by atoms with Crippen LogP contribution in [0.2, 0.25) is 0 Å². The molecule has 0 saturated carbocycles. The fraction of sp³-hybridized carbons (Fsp3) is 0.909. The third-order valence-electron chi connectivity index (χ3n) is 6.60. The summed E-state index contributed by atoms with van der Waals surface area (Å²) < 4.78 is 0. The molecule has 2 saturated heterocycles. The Kier molecular flexibility index (Phi) is 5.40. The van der Waals surface area contributed by atoms with Gasteiger partial charge in [-0.15, -0.1) is 0 Å². The Morgan fingerprint density at radius 3 is 1.27 bits per heavy atom. The highest BCUT2D eigenvalue weighted by Gasteiger charge is 2.41. The van der Waals surface area contributed by atoms with Crippen molar-refractivity contribution in [1.82, 2.24) is 9.80 Å². The minimum atomic E-state index is 0.327. The Bertz CT molecular complexity index is 526. The lowest BCUT2D eigenvalue weighted by Gasteiger charge is -2.31. The summed E-state index contributed by atoms with van der Waals surface area (Å²) in [5.74, 6) is 1.64. The van der Waals surface area contributed by atoms with E-state index in [2.05, 4.69) is 75.2 Å². The van der Waals surface area contributed by atoms with Crippen molar-refractivity contribution in [3.8, 4) is 0 Å². The van der Waals surface area contributed by atoms with Crippen LogP contribution in [0.3, 0.4) is 0 Å². The molecule has 148 valence electrons. The van der Waals surface area contributed by atoms with Crippen molar-refractivity contribution in [3.05, 3.63) is 0 Å². The van der Waals surface area contributed by atoms with Crippen molar-refractivity contribution in [2.75, 3.05) is 26.2 Å². The molecule has 0 aromatic rings. The van der Waals surface area contributed by atoms with Gasteiger partial charge in [0.1, 0.15) is 0 Å². The molecule has 0 unspecified atom stereocenters. The van der Waals surface area contributed by atoms with Crippen LogP contribution in [-0.2, 0) is 0 Å². The second-order valence-corrected chi connectivity index (χ2v) is 10.9. The molecular weight excluding hydrogens is 320 g/mol. The number of fused-ring (bicyclic) bond motifs is 2. The molecule has 0 bridgehead atoms. The van der Waals surface area contributed by atoms with E-state index in [0.717, 1.165) is 11.8 Å². The van der Waals surface area contributed by atoms with Crippen LogP contribution in [0, 0.1) is 11.8 Å². The molecule has 0 aromatic heterocycles. The van der Waals surface area contributed by atoms with E-state index in [1.54, 1.807) is 0 Å². The second kappa shape index (κ2) is 7.01. The van der Waals surface area contributed by atoms with Gasteiger partial charge in [0.25, 0.3) is 0 Å². The van der Waals surface area contributed by atoms with Gasteiger partial charge in [0, 0.05) is 60.5 Å². The monoisotopic (exact) mass is 360 g/mol. The topological polar surface area (TPSA) is 31.2 Å². The summed E-state index contributed by atoms with van der Waals surface area (Å²) >= 11 is 0. The molecule has 0 aromatic carbocycles. The van der Waals surface area contributed by atoms with Gasteiger partial charge in [-0.25, -0.2) is 0 Å². The molecule has 4 heteroatoms. The van der Waals surface area contributed by atoms with E-state index in [4.69, 9.17) is 0 Å². The van der Waals surface area contributed by atoms with Gasteiger partial charge < -0.3 is 0 Å². The third-order valence-corrected chi connectivity index (χ3v) is 6.60. The molecular formula is C22H40N4. The molecule has 26 heavy (non-hydrogen) atoms. The zero-order valence-electron chi connectivity index (χ0n) is 18.3. The minimum absolute atomic E-state index is 0.327. The Morgan fingerprint density at radius 2 is 1.00 bits per heavy atom. The van der Waals surface area contributed by atoms with E-state index in [-0.39, 0.29) is 0 Å². The standard InChI is InChI=1S/2C11H20N2/c2*1-8-5-9-6-13(11(2,3)4)7-10(9)12-8/h2*9-10H,5-7H2,1-4H3/t2*9-,10+/m10/s1. The third kappa shape index (κ3) is 4.39. The van der Waals surface area contributed by atoms with Crippen molar-refractivity contribution in [1.29, 1.82) is 0 Å². The summed E-state index contributed by atoms with van der Waals surface area (Å²) in [6.07, 6.45) is 2.47. The van der Waals surface area contributed by atoms with Crippen LogP contribution in [0.5, 0.6) is 0 Å². The Labute approximate surface area is 161 Å². The predicted octanol–water partition coefficient (Wildman–Crippen LogP) is 3.90. The van der Waals surface area contributed by atoms with Crippen LogP contribution < -0.4 is 0 Å². The zero-order valence-corrected chi connectivity index (χ0v) is 18.3. The van der Waals surface area contributed by atoms with Gasteiger partial charge in [-0.3, -0.25) is 19.8 Å². The first-order chi connectivity index (χ1) is 11.9. The largest absolute Gasteiger partial charge is 0.296 e. The van der Waals surface area contributed by atoms with Crippen molar-refractivity contribution in [2.45, 2.75) is 91.4 Å². The smallest absolute Gasteiger partial charge is 0.0669 e. The van der Waals surface area contributed by atoms with Gasteiger partial charge in [-0.05, 0) is 68.2 Å². The number of hydrogen-bond donors (Lipinski definition) is 0. The number of hydrogen-bond acceptors (Lipinski definition) is 4. The fourth-order valence-electron chi connectivity index (χ4n) is 4.93. The number of rotatable bonds is 0. The summed E-state index contributed by atoms with van der Waals surface area (Å²) in [5.41, 5.74) is 3.38. The minimum Gasteiger partial charge on any atom is -0.296 e. The molecule has 4 heterocycles. The quantitative estimate of drug-likeness (QED) is 0.656. The number of nitrogens with zero attached hydrogens (tertiary/aromatic N) is 4. The second-order valence-electron chi connectivity index (χ2n) is 10.9. The first-order valence-corrected chi connectivity index (χ1v) is 10.5. The lowest BCUT2D eigenvalue weighted by Crippen LogP contribution is -2.40. The Morgan fingerprint density at radius 1 is 0.654 bits per heavy atom. The molecule has 0 spiro atoms. The van der Waals surface area contributed by atoms with Gasteiger partial charge in [-0.1, -0.05) is 0 Å². The molecule has 2 fully saturated rings. The molecule has 0 amide bonds. The summed E-state index contributed by atoms with van der Waals surface area (Å²) in [6.45, 7) is 22.9. The molecule has 4 aliphatic rings. The predicted molar refractivity (Wildman–Crippen MR) is 113 cm³/mol. The Balaban J connectivity index is 0.000000151. The lowest BCUT2D eigenvalue weighted by molar-refractivity contribution is 0.167. The van der Waals surface area contributed by atoms with Crippen molar-refractivity contribution < 1.29 is 0 Å². The van der Waals surface area contributed by atoms with Gasteiger partial charge >= 0.3 is 0 Å². The van der Waals surface area contributed by atoms with Crippen LogP contribution >= 0.6 is 0 Å². The van der Waals surface area contributed by atoms with Gasteiger partial charge in [0.05, 0.1) is 12.1 Å². The first kappa shape index (κ1) is 20.0. The molecule has 0 N–H and O–H groups in total. The number of likely N-dealkylation sites (tertiary alicyclic amines) is 2. The highest BCUT2D eigenvalue weighted by Crippen LogP contribution is 2.33. The molecule has 4 atom stereocenters. The normalized spacial score (nSPS) is 34.9. The zero-order chi connectivity index (χ0) is 19.3. The number of aliphatic imine (C=N–C) groups is 2. The average Bonchev–Trinajstić information content (AvgIpc) is 3.14. The lowest BCUT2D eigenvalue weighted by atomic mass is 10.0. The maximum Gasteiger partial charge on any atom is 0.0669 e. The Hall–Kier alpha value is -0.740. The first-order valence-electron chi connectivity index (χ1n) is 10.5. The van der Waals surface area contributed by atoms with Crippen molar-refractivity contribution in [2.24, 2.45) is 21.8 Å². The van der Waals surface area contributed by atoms with Gasteiger partial charge in [0.15, 0.2) is 0 Å². The van der Waals surface area contributed by atoms with E-state index in [0.29, 0.717) is 23.2 Å². The van der Waals surface area contributed by atoms with Gasteiger partial charge in [-0.2, -0.15) is 0 Å². The van der Waals surface area contributed by atoms with E-state index < -0.39 is 0 Å². The molecule has 0 radical (unpaired) electrons. The van der Waals surface area contributed by atoms with Crippen molar-refractivity contribution >= 4 is 11.4 Å². The summed E-state index contributed by atoms with van der Waals surface area (Å²) in [4.78, 5) is 14.5. The molecule has 0 aliphatic carbocycles. The van der Waals surface area contributed by atoms with Crippen LogP contribution in [0.1, 0.15) is 68.2 Å². The van der Waals surface area contributed by atoms with E-state index in [1.807, 2.05) is 0 Å². The van der Waals surface area contributed by atoms with Crippen LogP contribution in [0.25, 0.3) is 0 Å². The van der Waals surface area contributed by atoms with Crippen LogP contribution in [0.15, 0.2) is 9.98 Å². The summed E-state index contributed by atoms with van der Waals surface area (Å²) in [5, 5.41) is 0.